The van der Waals surface area contributed by atoms with E-state index in [-0.39, 0.29) is 11.8 Å². The van der Waals surface area contributed by atoms with Crippen LogP contribution in [0.25, 0.3) is 0 Å². The predicted octanol–water partition coefficient (Wildman–Crippen LogP) is 4.78. The fourth-order valence-corrected chi connectivity index (χ4v) is 10.4. The largest absolute Gasteiger partial charge is 0.493 e. The van der Waals surface area contributed by atoms with Gasteiger partial charge in [-0.2, -0.15) is 0 Å². The molecule has 7 nitrogen and oxygen atoms in total. The summed E-state index contributed by atoms with van der Waals surface area (Å²) in [5, 5.41) is 12.9. The van der Waals surface area contributed by atoms with Gasteiger partial charge in [0.15, 0.2) is 11.5 Å². The molecule has 0 amide bonds. The van der Waals surface area contributed by atoms with E-state index in [2.05, 4.69) is 53.8 Å². The molecule has 2 fully saturated rings. The molecule has 8 heteroatoms. The summed E-state index contributed by atoms with van der Waals surface area (Å²) in [6, 6.07) is 21.9. The van der Waals surface area contributed by atoms with Crippen LogP contribution in [0.3, 0.4) is 0 Å². The third-order valence-corrected chi connectivity index (χ3v) is 12.1. The van der Waals surface area contributed by atoms with Crippen LogP contribution in [0.4, 0.5) is 0 Å². The molecule has 2 heterocycles. The number of aliphatic hydroxyl groups is 1. The number of rotatable bonds is 10. The molecule has 3 aromatic carbocycles. The second-order valence-electron chi connectivity index (χ2n) is 13.7. The van der Waals surface area contributed by atoms with Crippen LogP contribution in [0.1, 0.15) is 60.9 Å². The average molecular weight is 617 g/mol. The van der Waals surface area contributed by atoms with E-state index in [1.54, 1.807) is 7.11 Å². The topological polar surface area (TPSA) is 88.1 Å². The summed E-state index contributed by atoms with van der Waals surface area (Å²) in [4.78, 5) is 2.47. The molecule has 234 valence electrons. The van der Waals surface area contributed by atoms with Gasteiger partial charge in [-0.05, 0) is 79.3 Å². The van der Waals surface area contributed by atoms with Crippen LogP contribution in [-0.2, 0) is 40.5 Å². The highest BCUT2D eigenvalue weighted by Crippen LogP contribution is 2.65. The highest BCUT2D eigenvalue weighted by atomic mass is 32.2. The van der Waals surface area contributed by atoms with E-state index >= 15 is 0 Å². The molecule has 0 radical (unpaired) electrons. The lowest BCUT2D eigenvalue weighted by atomic mass is 9.48. The van der Waals surface area contributed by atoms with Gasteiger partial charge in [0.05, 0.1) is 29.9 Å². The minimum Gasteiger partial charge on any atom is -0.493 e. The minimum atomic E-state index is -3.70. The van der Waals surface area contributed by atoms with Crippen molar-refractivity contribution < 1.29 is 23.0 Å². The van der Waals surface area contributed by atoms with E-state index in [4.69, 9.17) is 9.47 Å². The van der Waals surface area contributed by atoms with Gasteiger partial charge in [0.1, 0.15) is 6.10 Å². The van der Waals surface area contributed by atoms with Gasteiger partial charge in [0.25, 0.3) is 0 Å². The molecule has 44 heavy (non-hydrogen) atoms. The van der Waals surface area contributed by atoms with Crippen LogP contribution in [0.5, 0.6) is 11.5 Å². The lowest BCUT2D eigenvalue weighted by Crippen LogP contribution is -2.78. The average Bonchev–Trinajstić information content (AvgIpc) is 3.35. The lowest BCUT2D eigenvalue weighted by molar-refractivity contribution is -0.189. The lowest BCUT2D eigenvalue weighted by Gasteiger charge is -2.64. The maximum absolute atomic E-state index is 13.8. The van der Waals surface area contributed by atoms with Gasteiger partial charge in [0, 0.05) is 18.2 Å². The van der Waals surface area contributed by atoms with Crippen LogP contribution in [-0.4, -0.2) is 62.4 Å². The Bertz CT molecular complexity index is 1640. The molecule has 1 saturated heterocycles. The van der Waals surface area contributed by atoms with Crippen molar-refractivity contribution in [3.05, 3.63) is 94.5 Å². The maximum atomic E-state index is 13.8. The molecule has 2 aliphatic carbocycles. The molecule has 2 bridgehead atoms. The van der Waals surface area contributed by atoms with Crippen LogP contribution in [0, 0.1) is 5.92 Å². The predicted molar refractivity (Wildman–Crippen MR) is 172 cm³/mol. The zero-order valence-electron chi connectivity index (χ0n) is 26.0. The monoisotopic (exact) mass is 616 g/mol. The molecule has 2 N–H and O–H groups in total. The fourth-order valence-electron chi connectivity index (χ4n) is 8.90. The molecule has 1 saturated carbocycles. The normalized spacial score (nSPS) is 28.9. The molecule has 4 aliphatic rings. The quantitative estimate of drug-likeness (QED) is 0.341. The number of hydrogen-bond acceptors (Lipinski definition) is 6. The number of nitrogens with zero attached hydrogens (tertiary/aromatic N) is 1. The Morgan fingerprint density at radius 3 is 2.55 bits per heavy atom. The Morgan fingerprint density at radius 1 is 1.05 bits per heavy atom. The first-order valence-corrected chi connectivity index (χ1v) is 17.7. The van der Waals surface area contributed by atoms with E-state index in [1.807, 2.05) is 36.4 Å². The first-order chi connectivity index (χ1) is 21.1. The minimum absolute atomic E-state index is 0.0709. The van der Waals surface area contributed by atoms with Gasteiger partial charge < -0.3 is 14.6 Å². The van der Waals surface area contributed by atoms with Gasteiger partial charge in [-0.1, -0.05) is 74.5 Å². The summed E-state index contributed by atoms with van der Waals surface area (Å²) in [6.45, 7) is 5.97. The second-order valence-corrected chi connectivity index (χ2v) is 15.4. The number of methoxy groups -OCH3 is 1. The van der Waals surface area contributed by atoms with Crippen molar-refractivity contribution in [2.45, 2.75) is 87.3 Å². The highest BCUT2D eigenvalue weighted by Gasteiger charge is 2.73. The van der Waals surface area contributed by atoms with Crippen molar-refractivity contribution in [2.24, 2.45) is 5.92 Å². The van der Waals surface area contributed by atoms with Gasteiger partial charge in [-0.3, -0.25) is 4.90 Å². The Kier molecular flexibility index (Phi) is 7.55. The molecule has 1 spiro atoms. The van der Waals surface area contributed by atoms with Crippen molar-refractivity contribution in [1.29, 1.82) is 0 Å². The Hall–Kier alpha value is -2.91. The van der Waals surface area contributed by atoms with Crippen LogP contribution in [0.2, 0.25) is 0 Å². The number of ether oxygens (including phenoxy) is 2. The summed E-state index contributed by atoms with van der Waals surface area (Å²) in [7, 11) is -2.06. The Morgan fingerprint density at radius 2 is 1.80 bits per heavy atom. The zero-order valence-corrected chi connectivity index (χ0v) is 26.8. The first kappa shape index (κ1) is 29.8. The number of piperidine rings is 1. The Labute approximate surface area is 261 Å². The van der Waals surface area contributed by atoms with Crippen molar-refractivity contribution in [3.63, 3.8) is 0 Å². The molecule has 5 atom stereocenters. The third kappa shape index (κ3) is 4.77. The standard InChI is InChI=1S/C36H44N2O5S/c1-24(2)21-26-11-7-8-12-28(26)23-44(40,41)37-29-15-17-36(39)31-22-27-13-14-30(42-3)33-32(27)35(36,34(29)43-33)18-20-38(31)19-16-25-9-5-4-6-10-25/h4-14,24,29,31,34,37,39H,15-23H2,1-3H3/t29-,31-,34+,35+,36-/m1/s1. The maximum Gasteiger partial charge on any atom is 0.216 e. The van der Waals surface area contributed by atoms with E-state index < -0.39 is 33.2 Å². The highest BCUT2D eigenvalue weighted by molar-refractivity contribution is 7.88. The third-order valence-electron chi connectivity index (χ3n) is 10.7. The second kappa shape index (κ2) is 11.2. The van der Waals surface area contributed by atoms with Gasteiger partial charge in [-0.15, -0.1) is 0 Å². The van der Waals surface area contributed by atoms with Crippen molar-refractivity contribution in [2.75, 3.05) is 20.2 Å². The molecule has 3 aromatic rings. The molecule has 0 aromatic heterocycles. The van der Waals surface area contributed by atoms with E-state index in [0.29, 0.717) is 36.7 Å². The summed E-state index contributed by atoms with van der Waals surface area (Å²) >= 11 is 0. The molecular formula is C36H44N2O5S. The van der Waals surface area contributed by atoms with Crippen molar-refractivity contribution >= 4 is 10.0 Å². The number of nitrogens with one attached hydrogen (secondary N) is 1. The van der Waals surface area contributed by atoms with Gasteiger partial charge >= 0.3 is 0 Å². The fraction of sp³-hybridized carbons (Fsp3) is 0.500. The summed E-state index contributed by atoms with van der Waals surface area (Å²) in [6.07, 6.45) is 3.67. The summed E-state index contributed by atoms with van der Waals surface area (Å²) < 4.78 is 43.3. The molecule has 2 aliphatic heterocycles. The first-order valence-electron chi connectivity index (χ1n) is 16.1. The smallest absolute Gasteiger partial charge is 0.216 e. The molecule has 7 rings (SSSR count). The Balaban J connectivity index is 1.21. The van der Waals surface area contributed by atoms with E-state index in [0.717, 1.165) is 49.0 Å². The van der Waals surface area contributed by atoms with E-state index in [9.17, 15) is 13.5 Å². The van der Waals surface area contributed by atoms with Gasteiger partial charge in [0.2, 0.25) is 10.0 Å². The van der Waals surface area contributed by atoms with Crippen LogP contribution in [0.15, 0.2) is 66.7 Å². The molecular weight excluding hydrogens is 572 g/mol. The van der Waals surface area contributed by atoms with Crippen molar-refractivity contribution in [3.8, 4) is 11.5 Å². The van der Waals surface area contributed by atoms with Crippen LogP contribution < -0.4 is 14.2 Å². The number of hydrogen-bond donors (Lipinski definition) is 2. The number of likely N-dealkylation sites (tertiary alicyclic amines) is 1. The number of benzene rings is 3. The van der Waals surface area contributed by atoms with Gasteiger partial charge in [-0.25, -0.2) is 13.1 Å². The van der Waals surface area contributed by atoms with E-state index in [1.165, 1.54) is 11.1 Å². The van der Waals surface area contributed by atoms with Crippen LogP contribution >= 0.6 is 0 Å². The molecule has 0 unspecified atom stereocenters. The van der Waals surface area contributed by atoms with Crippen molar-refractivity contribution in [1.82, 2.24) is 9.62 Å². The SMILES string of the molecule is COc1ccc2c3c1O[C@H]1[C@H](NS(=O)(=O)Cc4ccccc4CC(C)C)CC[C@@]4(O)[C@@H](C2)N(CCc2ccccc2)CC[C@]314. The zero-order chi connectivity index (χ0) is 30.7. The number of sulfonamides is 1. The summed E-state index contributed by atoms with van der Waals surface area (Å²) in [5.74, 6) is 1.67. The summed E-state index contributed by atoms with van der Waals surface area (Å²) in [5.41, 5.74) is 3.66.